The van der Waals surface area contributed by atoms with E-state index in [1.54, 1.807) is 11.6 Å². The number of hydrogen-bond donors (Lipinski definition) is 2. The Morgan fingerprint density at radius 2 is 2.38 bits per heavy atom. The molecule has 0 atom stereocenters. The molecule has 1 aliphatic rings. The number of nitrogens with two attached hydrogens (primary N) is 1. The Bertz CT molecular complexity index is 798. The molecule has 10 heteroatoms. The van der Waals surface area contributed by atoms with E-state index in [-0.39, 0.29) is 29.9 Å². The summed E-state index contributed by atoms with van der Waals surface area (Å²) in [4.78, 5) is 4.73. The van der Waals surface area contributed by atoms with Gasteiger partial charge in [-0.25, -0.2) is 14.3 Å². The number of hydrogen-bond acceptors (Lipinski definition) is 7. The second-order valence-electron chi connectivity index (χ2n) is 4.72. The minimum atomic E-state index is -3.76. The molecule has 1 saturated carbocycles. The van der Waals surface area contributed by atoms with E-state index in [9.17, 15) is 8.42 Å². The monoisotopic (exact) mass is 326 g/mol. The average molecular weight is 326 g/mol. The average Bonchev–Trinajstić information content (AvgIpc) is 3.06. The zero-order chi connectivity index (χ0) is 15.0. The lowest BCUT2D eigenvalue weighted by atomic mass is 10.4. The van der Waals surface area contributed by atoms with E-state index < -0.39 is 10.0 Å². The zero-order valence-electron chi connectivity index (χ0n) is 11.1. The van der Waals surface area contributed by atoms with Crippen LogP contribution in [0.1, 0.15) is 19.3 Å². The van der Waals surface area contributed by atoms with Gasteiger partial charge in [-0.05, 0) is 12.8 Å². The number of nitrogens with one attached hydrogen (secondary N) is 1. The van der Waals surface area contributed by atoms with Crippen molar-refractivity contribution in [2.45, 2.75) is 30.3 Å². The number of hydrazine groups is 1. The van der Waals surface area contributed by atoms with Crippen LogP contribution in [0.4, 0.5) is 5.82 Å². The molecule has 0 aromatic carbocycles. The number of aromatic nitrogens is 2. The molecule has 8 nitrogen and oxygen atoms in total. The summed E-state index contributed by atoms with van der Waals surface area (Å²) >= 11 is 1.33. The zero-order valence-corrected chi connectivity index (χ0v) is 12.7. The molecule has 1 aliphatic carbocycles. The van der Waals surface area contributed by atoms with Crippen molar-refractivity contribution < 1.29 is 8.42 Å². The molecular weight excluding hydrogens is 312 g/mol. The lowest BCUT2D eigenvalue weighted by Gasteiger charge is -2.20. The van der Waals surface area contributed by atoms with Crippen LogP contribution in [0.2, 0.25) is 0 Å². The summed E-state index contributed by atoms with van der Waals surface area (Å²) in [5.41, 5.74) is 2.35. The number of imidazole rings is 1. The third-order valence-corrected chi connectivity index (χ3v) is 6.04. The van der Waals surface area contributed by atoms with E-state index in [4.69, 9.17) is 11.1 Å². The van der Waals surface area contributed by atoms with Gasteiger partial charge in [-0.1, -0.05) is 0 Å². The van der Waals surface area contributed by atoms with Crippen molar-refractivity contribution in [2.24, 2.45) is 5.84 Å². The summed E-state index contributed by atoms with van der Waals surface area (Å²) in [5, 5.41) is 10.5. The second kappa shape index (κ2) is 5.27. The molecule has 0 spiro atoms. The number of sulfonamides is 1. The predicted octanol–water partition coefficient (Wildman–Crippen LogP) is 0.748. The van der Waals surface area contributed by atoms with Crippen LogP contribution in [0.3, 0.4) is 0 Å². The van der Waals surface area contributed by atoms with Crippen LogP contribution >= 0.6 is 11.3 Å². The SMILES string of the molecule is N#CCCN(C1CC1)S(=O)(=O)c1c(NN)nc2sccn12. The highest BCUT2D eigenvalue weighted by molar-refractivity contribution is 7.89. The molecule has 0 radical (unpaired) electrons. The van der Waals surface area contributed by atoms with Gasteiger partial charge in [0.25, 0.3) is 10.0 Å². The number of thiazole rings is 1. The lowest BCUT2D eigenvalue weighted by Crippen LogP contribution is -2.35. The number of nitriles is 1. The van der Waals surface area contributed by atoms with Gasteiger partial charge in [0.15, 0.2) is 10.8 Å². The van der Waals surface area contributed by atoms with Crippen molar-refractivity contribution >= 4 is 32.1 Å². The van der Waals surface area contributed by atoms with E-state index >= 15 is 0 Å². The van der Waals surface area contributed by atoms with Crippen LogP contribution in [0.15, 0.2) is 16.6 Å². The van der Waals surface area contributed by atoms with Gasteiger partial charge in [0.05, 0.1) is 6.07 Å². The van der Waals surface area contributed by atoms with Gasteiger partial charge < -0.3 is 5.43 Å². The van der Waals surface area contributed by atoms with Crippen molar-refractivity contribution in [3.8, 4) is 6.07 Å². The fraction of sp³-hybridized carbons (Fsp3) is 0.455. The van der Waals surface area contributed by atoms with Crippen LogP contribution in [0.25, 0.3) is 4.96 Å². The summed E-state index contributed by atoms with van der Waals surface area (Å²) in [6, 6.07) is 1.96. The molecule has 0 bridgehead atoms. The lowest BCUT2D eigenvalue weighted by molar-refractivity contribution is 0.408. The van der Waals surface area contributed by atoms with Crippen LogP contribution in [0.5, 0.6) is 0 Å². The molecule has 1 fully saturated rings. The first-order chi connectivity index (χ1) is 10.1. The highest BCUT2D eigenvalue weighted by Gasteiger charge is 2.40. The quantitative estimate of drug-likeness (QED) is 0.597. The maximum atomic E-state index is 12.9. The molecule has 0 unspecified atom stereocenters. The van der Waals surface area contributed by atoms with Crippen molar-refractivity contribution in [1.29, 1.82) is 5.26 Å². The molecule has 112 valence electrons. The molecule has 2 aromatic heterocycles. The Hall–Kier alpha value is -1.67. The Morgan fingerprint density at radius 1 is 1.62 bits per heavy atom. The first-order valence-electron chi connectivity index (χ1n) is 6.40. The van der Waals surface area contributed by atoms with Gasteiger partial charge in [-0.3, -0.25) is 4.40 Å². The topological polar surface area (TPSA) is 117 Å². The first-order valence-corrected chi connectivity index (χ1v) is 8.72. The summed E-state index contributed by atoms with van der Waals surface area (Å²) in [6.45, 7) is 0.185. The predicted molar refractivity (Wildman–Crippen MR) is 78.0 cm³/mol. The van der Waals surface area contributed by atoms with Crippen molar-refractivity contribution in [3.63, 3.8) is 0 Å². The summed E-state index contributed by atoms with van der Waals surface area (Å²) in [6.07, 6.45) is 3.45. The maximum Gasteiger partial charge on any atom is 0.263 e. The summed E-state index contributed by atoms with van der Waals surface area (Å²) in [5.74, 6) is 5.53. The van der Waals surface area contributed by atoms with E-state index in [1.807, 2.05) is 6.07 Å². The Balaban J connectivity index is 2.10. The minimum absolute atomic E-state index is 0.0295. The van der Waals surface area contributed by atoms with Crippen molar-refractivity contribution in [3.05, 3.63) is 11.6 Å². The molecule has 3 N–H and O–H groups in total. The molecular formula is C11H14N6O2S2. The Kier molecular flexibility index (Phi) is 3.58. The van der Waals surface area contributed by atoms with Gasteiger partial charge in [0.1, 0.15) is 0 Å². The fourth-order valence-corrected chi connectivity index (χ4v) is 4.91. The third-order valence-electron chi connectivity index (χ3n) is 3.31. The van der Waals surface area contributed by atoms with E-state index in [1.165, 1.54) is 20.0 Å². The summed E-state index contributed by atoms with van der Waals surface area (Å²) in [7, 11) is -3.76. The third kappa shape index (κ3) is 2.38. The highest BCUT2D eigenvalue weighted by atomic mass is 32.2. The van der Waals surface area contributed by atoms with Crippen molar-refractivity contribution in [2.75, 3.05) is 12.0 Å². The van der Waals surface area contributed by atoms with Crippen LogP contribution in [-0.4, -0.2) is 34.7 Å². The number of rotatable bonds is 6. The molecule has 0 saturated heterocycles. The molecule has 0 aliphatic heterocycles. The minimum Gasteiger partial charge on any atom is -0.306 e. The van der Waals surface area contributed by atoms with E-state index in [0.29, 0.717) is 4.96 Å². The highest BCUT2D eigenvalue weighted by Crippen LogP contribution is 2.35. The summed E-state index contributed by atoms with van der Waals surface area (Å²) < 4.78 is 28.8. The Morgan fingerprint density at radius 3 is 3.00 bits per heavy atom. The van der Waals surface area contributed by atoms with Gasteiger partial charge in [-0.2, -0.15) is 14.6 Å². The van der Waals surface area contributed by atoms with Gasteiger partial charge in [0, 0.05) is 30.6 Å². The number of nitrogen functional groups attached to an aromatic ring is 1. The number of fused-ring (bicyclic) bond motifs is 1. The molecule has 2 heterocycles. The number of nitrogens with zero attached hydrogens (tertiary/aromatic N) is 4. The molecule has 3 rings (SSSR count). The largest absolute Gasteiger partial charge is 0.306 e. The first kappa shape index (κ1) is 14.3. The molecule has 2 aromatic rings. The second-order valence-corrected chi connectivity index (χ2v) is 7.40. The fourth-order valence-electron chi connectivity index (χ4n) is 2.24. The van der Waals surface area contributed by atoms with Gasteiger partial charge in [0.2, 0.25) is 5.03 Å². The van der Waals surface area contributed by atoms with Crippen LogP contribution in [-0.2, 0) is 10.0 Å². The Labute approximate surface area is 125 Å². The normalized spacial score (nSPS) is 15.5. The van der Waals surface area contributed by atoms with Crippen molar-refractivity contribution in [1.82, 2.24) is 13.7 Å². The molecule has 21 heavy (non-hydrogen) atoms. The van der Waals surface area contributed by atoms with Crippen LogP contribution < -0.4 is 11.3 Å². The standard InChI is InChI=1S/C11H14N6O2S2/c12-4-1-5-17(8-2-3-8)21(18,19)10-9(15-13)14-11-16(10)6-7-20-11/h6-8,15H,1-3,5,13H2. The smallest absolute Gasteiger partial charge is 0.263 e. The van der Waals surface area contributed by atoms with E-state index in [0.717, 1.165) is 12.8 Å². The number of anilines is 1. The molecule has 0 amide bonds. The van der Waals surface area contributed by atoms with Crippen LogP contribution in [0, 0.1) is 11.3 Å². The van der Waals surface area contributed by atoms with Gasteiger partial charge in [-0.15, -0.1) is 11.3 Å². The van der Waals surface area contributed by atoms with Gasteiger partial charge >= 0.3 is 0 Å². The maximum absolute atomic E-state index is 12.9. The van der Waals surface area contributed by atoms with E-state index in [2.05, 4.69) is 10.4 Å².